The summed E-state index contributed by atoms with van der Waals surface area (Å²) in [6, 6.07) is 9.51. The van der Waals surface area contributed by atoms with Crippen LogP contribution in [0.5, 0.6) is 5.75 Å². The molecule has 0 N–H and O–H groups in total. The van der Waals surface area contributed by atoms with Crippen LogP contribution in [0.3, 0.4) is 0 Å². The quantitative estimate of drug-likeness (QED) is 0.500. The second-order valence-electron chi connectivity index (χ2n) is 8.17. The zero-order chi connectivity index (χ0) is 24.7. The molecule has 0 spiro atoms. The SMILES string of the molecule is Cc1ccc2c(CN3CCN(S(=O)(=O)c4ccc(OC(F)(F)F)cc4)CC3)cc(=O)oc2c1C. The Labute approximate surface area is 194 Å². The summed E-state index contributed by atoms with van der Waals surface area (Å²) in [7, 11) is -3.87. The van der Waals surface area contributed by atoms with E-state index in [0.29, 0.717) is 25.2 Å². The van der Waals surface area contributed by atoms with E-state index in [4.69, 9.17) is 4.42 Å². The maximum absolute atomic E-state index is 12.9. The van der Waals surface area contributed by atoms with Gasteiger partial charge in [0, 0.05) is 44.2 Å². The van der Waals surface area contributed by atoms with E-state index in [1.165, 1.54) is 10.4 Å². The van der Waals surface area contributed by atoms with Crippen molar-refractivity contribution in [2.24, 2.45) is 0 Å². The molecule has 1 saturated heterocycles. The fourth-order valence-corrected chi connectivity index (χ4v) is 5.41. The minimum absolute atomic E-state index is 0.104. The molecule has 0 aliphatic carbocycles. The molecule has 4 rings (SSSR count). The largest absolute Gasteiger partial charge is 0.573 e. The second-order valence-corrected chi connectivity index (χ2v) is 10.1. The molecule has 2 aromatic carbocycles. The number of aryl methyl sites for hydroxylation is 2. The zero-order valence-corrected chi connectivity index (χ0v) is 19.4. The molecule has 0 radical (unpaired) electrons. The van der Waals surface area contributed by atoms with Crippen molar-refractivity contribution in [3.63, 3.8) is 0 Å². The lowest BCUT2D eigenvalue weighted by Gasteiger charge is -2.34. The minimum atomic E-state index is -4.85. The van der Waals surface area contributed by atoms with Gasteiger partial charge in [-0.3, -0.25) is 4.90 Å². The third-order valence-electron chi connectivity index (χ3n) is 5.94. The van der Waals surface area contributed by atoms with Gasteiger partial charge < -0.3 is 9.15 Å². The van der Waals surface area contributed by atoms with E-state index >= 15 is 0 Å². The number of rotatable bonds is 5. The topological polar surface area (TPSA) is 80.1 Å². The third-order valence-corrected chi connectivity index (χ3v) is 7.85. The van der Waals surface area contributed by atoms with Crippen LogP contribution in [-0.2, 0) is 16.6 Å². The summed E-state index contributed by atoms with van der Waals surface area (Å²) in [6.45, 7) is 5.58. The lowest BCUT2D eigenvalue weighted by Crippen LogP contribution is -2.48. The van der Waals surface area contributed by atoms with Crippen molar-refractivity contribution < 1.29 is 30.7 Å². The molecule has 11 heteroatoms. The van der Waals surface area contributed by atoms with Crippen molar-refractivity contribution in [3.05, 3.63) is 69.6 Å². The predicted octanol–water partition coefficient (Wildman–Crippen LogP) is 3.81. The highest BCUT2D eigenvalue weighted by Gasteiger charge is 2.32. The Morgan fingerprint density at radius 3 is 2.26 bits per heavy atom. The monoisotopic (exact) mass is 496 g/mol. The molecule has 0 atom stereocenters. The van der Waals surface area contributed by atoms with E-state index in [1.807, 2.05) is 26.0 Å². The summed E-state index contributed by atoms with van der Waals surface area (Å²) in [5.41, 5.74) is 2.85. The molecule has 1 aromatic heterocycles. The number of benzene rings is 2. The maximum Gasteiger partial charge on any atom is 0.573 e. The predicted molar refractivity (Wildman–Crippen MR) is 119 cm³/mol. The van der Waals surface area contributed by atoms with E-state index in [9.17, 15) is 26.4 Å². The first-order valence-electron chi connectivity index (χ1n) is 10.6. The Morgan fingerprint density at radius 1 is 1.00 bits per heavy atom. The van der Waals surface area contributed by atoms with Crippen molar-refractivity contribution in [2.75, 3.05) is 26.2 Å². The van der Waals surface area contributed by atoms with Gasteiger partial charge in [-0.25, -0.2) is 13.2 Å². The van der Waals surface area contributed by atoms with Gasteiger partial charge in [-0.15, -0.1) is 13.2 Å². The average molecular weight is 497 g/mol. The highest BCUT2D eigenvalue weighted by atomic mass is 32.2. The summed E-state index contributed by atoms with van der Waals surface area (Å²) < 4.78 is 73.4. The molecule has 0 saturated carbocycles. The molecular weight excluding hydrogens is 473 g/mol. The first kappa shape index (κ1) is 24.2. The van der Waals surface area contributed by atoms with Crippen LogP contribution in [0.25, 0.3) is 11.0 Å². The van der Waals surface area contributed by atoms with Gasteiger partial charge in [0.1, 0.15) is 11.3 Å². The number of alkyl halides is 3. The summed E-state index contributed by atoms with van der Waals surface area (Å²) in [5.74, 6) is -0.485. The number of nitrogens with zero attached hydrogens (tertiary/aromatic N) is 2. The van der Waals surface area contributed by atoms with Crippen LogP contribution in [0.2, 0.25) is 0 Å². The Balaban J connectivity index is 1.45. The fourth-order valence-electron chi connectivity index (χ4n) is 3.99. The molecule has 0 unspecified atom stereocenters. The molecule has 34 heavy (non-hydrogen) atoms. The van der Waals surface area contributed by atoms with Gasteiger partial charge in [-0.2, -0.15) is 4.31 Å². The molecule has 1 aliphatic rings. The van der Waals surface area contributed by atoms with Crippen LogP contribution in [-0.4, -0.2) is 50.2 Å². The number of ether oxygens (including phenoxy) is 1. The third kappa shape index (κ3) is 5.11. The Morgan fingerprint density at radius 2 is 1.65 bits per heavy atom. The van der Waals surface area contributed by atoms with Gasteiger partial charge in [0.15, 0.2) is 0 Å². The van der Waals surface area contributed by atoms with E-state index in [2.05, 4.69) is 9.64 Å². The van der Waals surface area contributed by atoms with Gasteiger partial charge in [-0.1, -0.05) is 12.1 Å². The Kier molecular flexibility index (Phi) is 6.45. The van der Waals surface area contributed by atoms with Crippen LogP contribution < -0.4 is 10.4 Å². The molecule has 0 bridgehead atoms. The molecule has 2 heterocycles. The highest BCUT2D eigenvalue weighted by Crippen LogP contribution is 2.27. The Hall–Kier alpha value is -2.89. The summed E-state index contributed by atoms with van der Waals surface area (Å²) in [4.78, 5) is 14.1. The molecule has 1 fully saturated rings. The number of hydrogen-bond acceptors (Lipinski definition) is 6. The van der Waals surface area contributed by atoms with Crippen LogP contribution in [0.4, 0.5) is 13.2 Å². The number of fused-ring (bicyclic) bond motifs is 1. The Bertz CT molecular complexity index is 1360. The van der Waals surface area contributed by atoms with Gasteiger partial charge in [-0.05, 0) is 54.8 Å². The van der Waals surface area contributed by atoms with E-state index < -0.39 is 27.8 Å². The zero-order valence-electron chi connectivity index (χ0n) is 18.6. The summed E-state index contributed by atoms with van der Waals surface area (Å²) in [5, 5.41) is 0.846. The smallest absolute Gasteiger partial charge is 0.422 e. The van der Waals surface area contributed by atoms with Crippen molar-refractivity contribution in [3.8, 4) is 5.75 Å². The van der Waals surface area contributed by atoms with Crippen molar-refractivity contribution in [1.29, 1.82) is 0 Å². The molecule has 1 aliphatic heterocycles. The van der Waals surface area contributed by atoms with E-state index in [-0.39, 0.29) is 18.0 Å². The van der Waals surface area contributed by atoms with Crippen LogP contribution in [0.1, 0.15) is 16.7 Å². The molecule has 0 amide bonds. The first-order valence-corrected chi connectivity index (χ1v) is 12.0. The normalized spacial score (nSPS) is 16.1. The first-order chi connectivity index (χ1) is 15.9. The minimum Gasteiger partial charge on any atom is -0.422 e. The molecule has 3 aromatic rings. The second kappa shape index (κ2) is 9.05. The van der Waals surface area contributed by atoms with Gasteiger partial charge in [0.05, 0.1) is 4.90 Å². The van der Waals surface area contributed by atoms with Crippen molar-refractivity contribution >= 4 is 21.0 Å². The number of halogens is 3. The maximum atomic E-state index is 12.9. The average Bonchev–Trinajstić information content (AvgIpc) is 2.76. The highest BCUT2D eigenvalue weighted by molar-refractivity contribution is 7.89. The van der Waals surface area contributed by atoms with Gasteiger partial charge in [0.2, 0.25) is 10.0 Å². The standard InChI is InChI=1S/C23H23F3N2O5S/c1-15-3-8-20-17(13-21(29)32-22(20)16(15)2)14-27-9-11-28(12-10-27)34(30,31)19-6-4-18(5-7-19)33-23(24,25)26/h3-8,13H,9-12,14H2,1-2H3. The van der Waals surface area contributed by atoms with Crippen molar-refractivity contribution in [2.45, 2.75) is 31.7 Å². The molecule has 7 nitrogen and oxygen atoms in total. The van der Waals surface area contributed by atoms with Crippen LogP contribution in [0.15, 0.2) is 56.6 Å². The number of sulfonamides is 1. The van der Waals surface area contributed by atoms with Gasteiger partial charge in [0.25, 0.3) is 0 Å². The summed E-state index contributed by atoms with van der Waals surface area (Å²) in [6.07, 6.45) is -4.85. The fraction of sp³-hybridized carbons (Fsp3) is 0.348. The number of hydrogen-bond donors (Lipinski definition) is 0. The van der Waals surface area contributed by atoms with E-state index in [1.54, 1.807) is 0 Å². The number of piperazine rings is 1. The lowest BCUT2D eigenvalue weighted by molar-refractivity contribution is -0.274. The van der Waals surface area contributed by atoms with Gasteiger partial charge >= 0.3 is 12.0 Å². The van der Waals surface area contributed by atoms with Crippen LogP contribution >= 0.6 is 0 Å². The molecular formula is C23H23F3N2O5S. The van der Waals surface area contributed by atoms with E-state index in [0.717, 1.165) is 46.3 Å². The summed E-state index contributed by atoms with van der Waals surface area (Å²) >= 11 is 0. The van der Waals surface area contributed by atoms with Crippen molar-refractivity contribution in [1.82, 2.24) is 9.21 Å². The lowest BCUT2D eigenvalue weighted by atomic mass is 10.0. The van der Waals surface area contributed by atoms with Crippen LogP contribution in [0, 0.1) is 13.8 Å². The molecule has 182 valence electrons.